The SMILES string of the molecule is CCCCCCCCCCCCCCCCCCC(=O)OC[C@H](COP(=O)(O)OC[C@@H](O)COP(=O)(O)OC[C@@H](COC(=O)CCCCCCCCCCCCC(C)C)OC(=O)CCCCCCCCCCCCCCCC)OC(=O)CCCCCCCCCCCCCCCCCC(C)C. The summed E-state index contributed by atoms with van der Waals surface area (Å²) in [6.07, 6.45) is 63.7. The Hall–Kier alpha value is -1.94. The summed E-state index contributed by atoms with van der Waals surface area (Å²) in [6.45, 7) is 9.67. The van der Waals surface area contributed by atoms with E-state index in [4.69, 9.17) is 37.0 Å². The van der Waals surface area contributed by atoms with Gasteiger partial charge in [0.25, 0.3) is 0 Å². The van der Waals surface area contributed by atoms with Crippen molar-refractivity contribution < 1.29 is 80.2 Å². The summed E-state index contributed by atoms with van der Waals surface area (Å²) >= 11 is 0. The molecule has 101 heavy (non-hydrogen) atoms. The van der Waals surface area contributed by atoms with Gasteiger partial charge in [0, 0.05) is 25.7 Å². The van der Waals surface area contributed by atoms with Crippen LogP contribution in [0.1, 0.15) is 433 Å². The fraction of sp³-hybridized carbons (Fsp3) is 0.951. The fourth-order valence-electron chi connectivity index (χ4n) is 12.7. The van der Waals surface area contributed by atoms with Crippen LogP contribution in [0.3, 0.4) is 0 Å². The third kappa shape index (κ3) is 76.1. The zero-order valence-electron chi connectivity index (χ0n) is 66.2. The van der Waals surface area contributed by atoms with E-state index in [0.29, 0.717) is 25.7 Å². The van der Waals surface area contributed by atoms with Crippen LogP contribution in [0.5, 0.6) is 0 Å². The molecule has 17 nitrogen and oxygen atoms in total. The number of carbonyl (C=O) groups excluding carboxylic acids is 4. The highest BCUT2D eigenvalue weighted by Gasteiger charge is 2.30. The molecule has 0 rings (SSSR count). The van der Waals surface area contributed by atoms with Gasteiger partial charge in [-0.25, -0.2) is 9.13 Å². The van der Waals surface area contributed by atoms with E-state index >= 15 is 0 Å². The average Bonchev–Trinajstić information content (AvgIpc) is 0.963. The Morgan fingerprint density at radius 3 is 0.673 bits per heavy atom. The number of hydrogen-bond donors (Lipinski definition) is 3. The summed E-state index contributed by atoms with van der Waals surface area (Å²) in [4.78, 5) is 73.1. The normalized spacial score (nSPS) is 13.9. The predicted molar refractivity (Wildman–Crippen MR) is 414 cm³/mol. The average molecular weight is 1480 g/mol. The maximum atomic E-state index is 13.1. The van der Waals surface area contributed by atoms with Crippen LogP contribution in [0.25, 0.3) is 0 Å². The molecule has 0 aliphatic heterocycles. The first kappa shape index (κ1) is 99.1. The topological polar surface area (TPSA) is 237 Å². The van der Waals surface area contributed by atoms with E-state index in [1.54, 1.807) is 0 Å². The van der Waals surface area contributed by atoms with Gasteiger partial charge in [-0.1, -0.05) is 382 Å². The molecule has 19 heteroatoms. The van der Waals surface area contributed by atoms with Crippen molar-refractivity contribution in [1.82, 2.24) is 0 Å². The summed E-state index contributed by atoms with van der Waals surface area (Å²) in [5.41, 5.74) is 0. The van der Waals surface area contributed by atoms with Crippen molar-refractivity contribution in [3.63, 3.8) is 0 Å². The molecule has 0 aliphatic rings. The summed E-state index contributed by atoms with van der Waals surface area (Å²) in [7, 11) is -9.92. The number of esters is 4. The van der Waals surface area contributed by atoms with Gasteiger partial charge in [0.15, 0.2) is 12.2 Å². The van der Waals surface area contributed by atoms with Crippen LogP contribution in [0.15, 0.2) is 0 Å². The minimum Gasteiger partial charge on any atom is -0.462 e. The van der Waals surface area contributed by atoms with Gasteiger partial charge in [0.2, 0.25) is 0 Å². The Kier molecular flexibility index (Phi) is 72.2. The van der Waals surface area contributed by atoms with E-state index in [9.17, 15) is 43.2 Å². The van der Waals surface area contributed by atoms with Crippen molar-refractivity contribution in [3.8, 4) is 0 Å². The number of carbonyl (C=O) groups is 4. The first-order valence-electron chi connectivity index (χ1n) is 42.5. The van der Waals surface area contributed by atoms with Crippen molar-refractivity contribution in [1.29, 1.82) is 0 Å². The van der Waals surface area contributed by atoms with E-state index in [1.165, 1.54) is 250 Å². The number of phosphoric acid groups is 2. The smallest absolute Gasteiger partial charge is 0.462 e. The highest BCUT2D eigenvalue weighted by atomic mass is 31.2. The van der Waals surface area contributed by atoms with E-state index in [-0.39, 0.29) is 25.7 Å². The minimum atomic E-state index is -4.96. The lowest BCUT2D eigenvalue weighted by molar-refractivity contribution is -0.161. The molecule has 0 fully saturated rings. The predicted octanol–water partition coefficient (Wildman–Crippen LogP) is 24.7. The molecule has 0 spiro atoms. The van der Waals surface area contributed by atoms with E-state index in [0.717, 1.165) is 102 Å². The second-order valence-electron chi connectivity index (χ2n) is 30.5. The number of rotatable bonds is 81. The molecular formula is C82H160O17P2. The maximum absolute atomic E-state index is 13.1. The molecule has 2 unspecified atom stereocenters. The summed E-state index contributed by atoms with van der Waals surface area (Å²) in [6, 6.07) is 0. The van der Waals surface area contributed by atoms with E-state index in [2.05, 4.69) is 41.5 Å². The first-order valence-corrected chi connectivity index (χ1v) is 45.5. The quantitative estimate of drug-likeness (QED) is 0.0222. The number of phosphoric ester groups is 2. The fourth-order valence-corrected chi connectivity index (χ4v) is 14.3. The molecule has 0 aromatic heterocycles. The molecule has 0 saturated heterocycles. The molecule has 0 amide bonds. The molecule has 0 saturated carbocycles. The lowest BCUT2D eigenvalue weighted by Gasteiger charge is -2.21. The molecule has 0 aliphatic carbocycles. The first-order chi connectivity index (χ1) is 48.9. The van der Waals surface area contributed by atoms with Crippen LogP contribution in [0.4, 0.5) is 0 Å². The van der Waals surface area contributed by atoms with Crippen LogP contribution in [-0.4, -0.2) is 96.7 Å². The zero-order valence-corrected chi connectivity index (χ0v) is 68.0. The highest BCUT2D eigenvalue weighted by Crippen LogP contribution is 2.45. The third-order valence-electron chi connectivity index (χ3n) is 19.2. The van der Waals surface area contributed by atoms with Gasteiger partial charge in [0.1, 0.15) is 19.3 Å². The Morgan fingerprint density at radius 1 is 0.267 bits per heavy atom. The molecule has 0 aromatic rings. The van der Waals surface area contributed by atoms with Crippen molar-refractivity contribution >= 4 is 39.5 Å². The molecule has 0 bridgehead atoms. The standard InChI is InChI=1S/C82H160O17P2/c1-7-9-11-13-15-17-19-21-23-26-30-33-40-46-52-58-64-79(84)92-70-77(98-82(87)67-61-55-49-43-35-31-27-24-25-28-32-38-44-50-56-62-74(3)4)72-96-100(88,89)94-68-76(83)69-95-101(90,91)97-73-78(71-93-80(85)65-59-53-47-41-37-36-39-45-51-57-63-75(5)6)99-81(86)66-60-54-48-42-34-29-22-20-18-16-14-12-10-8-2/h74-78,83H,7-73H2,1-6H3,(H,88,89)(H,90,91)/t76-,77-,78-/m1/s1. The number of ether oxygens (including phenoxy) is 4. The number of unbranched alkanes of at least 4 members (excludes halogenated alkanes) is 51. The second-order valence-corrected chi connectivity index (χ2v) is 33.4. The van der Waals surface area contributed by atoms with Crippen molar-refractivity contribution in [2.45, 2.75) is 452 Å². The molecular weight excluding hydrogens is 1320 g/mol. The largest absolute Gasteiger partial charge is 0.472 e. The van der Waals surface area contributed by atoms with Crippen LogP contribution in [0.2, 0.25) is 0 Å². The van der Waals surface area contributed by atoms with Gasteiger partial charge in [-0.05, 0) is 37.5 Å². The Labute approximate surface area is 619 Å². The molecule has 0 radical (unpaired) electrons. The van der Waals surface area contributed by atoms with Gasteiger partial charge in [0.05, 0.1) is 26.4 Å². The van der Waals surface area contributed by atoms with Crippen LogP contribution in [0, 0.1) is 11.8 Å². The van der Waals surface area contributed by atoms with E-state index in [1.807, 2.05) is 0 Å². The summed E-state index contributed by atoms with van der Waals surface area (Å²) in [5, 5.41) is 10.7. The van der Waals surface area contributed by atoms with Gasteiger partial charge in [-0.2, -0.15) is 0 Å². The number of aliphatic hydroxyl groups is 1. The van der Waals surface area contributed by atoms with Crippen molar-refractivity contribution in [2.75, 3.05) is 39.6 Å². The summed E-state index contributed by atoms with van der Waals surface area (Å²) < 4.78 is 68.8. The van der Waals surface area contributed by atoms with E-state index < -0.39 is 97.5 Å². The van der Waals surface area contributed by atoms with Gasteiger partial charge in [-0.3, -0.25) is 37.3 Å². The van der Waals surface area contributed by atoms with Crippen LogP contribution >= 0.6 is 15.6 Å². The Morgan fingerprint density at radius 2 is 0.455 bits per heavy atom. The second kappa shape index (κ2) is 73.6. The monoisotopic (exact) mass is 1480 g/mol. The van der Waals surface area contributed by atoms with Crippen LogP contribution < -0.4 is 0 Å². The molecule has 5 atom stereocenters. The van der Waals surface area contributed by atoms with Gasteiger partial charge in [-0.15, -0.1) is 0 Å². The van der Waals surface area contributed by atoms with Crippen LogP contribution in [-0.2, 0) is 65.4 Å². The number of hydrogen-bond acceptors (Lipinski definition) is 15. The van der Waals surface area contributed by atoms with Gasteiger partial charge < -0.3 is 33.8 Å². The maximum Gasteiger partial charge on any atom is 0.472 e. The lowest BCUT2D eigenvalue weighted by atomic mass is 10.0. The molecule has 3 N–H and O–H groups in total. The molecule has 600 valence electrons. The number of aliphatic hydroxyl groups excluding tert-OH is 1. The Balaban J connectivity index is 5.27. The third-order valence-corrected chi connectivity index (χ3v) is 21.1. The highest BCUT2D eigenvalue weighted by molar-refractivity contribution is 7.47. The Bertz CT molecular complexity index is 1940. The van der Waals surface area contributed by atoms with Crippen molar-refractivity contribution in [2.24, 2.45) is 11.8 Å². The van der Waals surface area contributed by atoms with Gasteiger partial charge >= 0.3 is 39.5 Å². The minimum absolute atomic E-state index is 0.108. The molecule has 0 aromatic carbocycles. The van der Waals surface area contributed by atoms with Crippen molar-refractivity contribution in [3.05, 3.63) is 0 Å². The zero-order chi connectivity index (χ0) is 74.2. The summed E-state index contributed by atoms with van der Waals surface area (Å²) in [5.74, 6) is -0.543. The molecule has 0 heterocycles. The lowest BCUT2D eigenvalue weighted by Crippen LogP contribution is -2.30.